The number of aryl methyl sites for hydroxylation is 1. The van der Waals surface area contributed by atoms with Gasteiger partial charge in [-0.05, 0) is 24.8 Å². The zero-order valence-electron chi connectivity index (χ0n) is 7.70. The molecule has 0 spiro atoms. The van der Waals surface area contributed by atoms with Crippen molar-refractivity contribution in [3.8, 4) is 6.07 Å². The summed E-state index contributed by atoms with van der Waals surface area (Å²) >= 11 is 3.34. The topological polar surface area (TPSA) is 49.6 Å². The van der Waals surface area contributed by atoms with Crippen LogP contribution in [0.5, 0.6) is 0 Å². The molecule has 1 unspecified atom stereocenters. The van der Waals surface area contributed by atoms with Crippen LogP contribution >= 0.6 is 15.9 Å². The molecule has 1 aliphatic carbocycles. The van der Waals surface area contributed by atoms with Gasteiger partial charge in [0, 0.05) is 11.0 Å². The Labute approximate surface area is 91.3 Å². The predicted molar refractivity (Wildman–Crippen MR) is 56.2 cm³/mol. The molecule has 14 heavy (non-hydrogen) atoms. The van der Waals surface area contributed by atoms with Crippen LogP contribution in [-0.2, 0) is 12.8 Å². The number of alkyl halides is 1. The van der Waals surface area contributed by atoms with Crippen LogP contribution < -0.4 is 0 Å². The molecule has 4 heteroatoms. The van der Waals surface area contributed by atoms with Gasteiger partial charge < -0.3 is 0 Å². The minimum atomic E-state index is -0.134. The molecule has 72 valence electrons. The molecule has 1 heterocycles. The molecule has 0 N–H and O–H groups in total. The van der Waals surface area contributed by atoms with Gasteiger partial charge in [-0.2, -0.15) is 5.26 Å². The highest BCUT2D eigenvalue weighted by atomic mass is 79.9. The van der Waals surface area contributed by atoms with E-state index >= 15 is 0 Å². The minimum absolute atomic E-state index is 0.134. The van der Waals surface area contributed by atoms with Gasteiger partial charge in [-0.25, -0.2) is 9.97 Å². The number of nitrogens with zero attached hydrogens (tertiary/aromatic N) is 3. The first-order valence-corrected chi connectivity index (χ1v) is 5.77. The monoisotopic (exact) mass is 251 g/mol. The second-order valence-corrected chi connectivity index (χ2v) is 4.02. The van der Waals surface area contributed by atoms with Crippen molar-refractivity contribution in [3.05, 3.63) is 23.3 Å². The van der Waals surface area contributed by atoms with Crippen LogP contribution in [-0.4, -0.2) is 15.3 Å². The van der Waals surface area contributed by atoms with Crippen molar-refractivity contribution in [2.24, 2.45) is 0 Å². The molecule has 0 radical (unpaired) electrons. The molecular formula is C10H10BrN3. The van der Waals surface area contributed by atoms with Crippen molar-refractivity contribution >= 4 is 15.9 Å². The van der Waals surface area contributed by atoms with E-state index in [1.165, 1.54) is 5.56 Å². The number of hydrogen-bond donors (Lipinski definition) is 0. The first-order valence-electron chi connectivity index (χ1n) is 4.65. The Bertz CT molecular complexity index is 383. The molecule has 0 bridgehead atoms. The molecule has 0 saturated carbocycles. The maximum Gasteiger partial charge on any atom is 0.116 e. The molecule has 0 fully saturated rings. The molecular weight excluding hydrogens is 242 g/mol. The number of rotatable bonds is 2. The fraction of sp³-hybridized carbons (Fsp3) is 0.500. The smallest absolute Gasteiger partial charge is 0.116 e. The first-order chi connectivity index (χ1) is 6.86. The Hall–Kier alpha value is -0.950. The zero-order chi connectivity index (χ0) is 9.97. The van der Waals surface area contributed by atoms with Crippen LogP contribution in [0.4, 0.5) is 0 Å². The van der Waals surface area contributed by atoms with Gasteiger partial charge in [-0.3, -0.25) is 0 Å². The van der Waals surface area contributed by atoms with E-state index < -0.39 is 0 Å². The van der Waals surface area contributed by atoms with E-state index in [9.17, 15) is 0 Å². The lowest BCUT2D eigenvalue weighted by Gasteiger charge is -2.08. The van der Waals surface area contributed by atoms with E-state index in [1.807, 2.05) is 0 Å². The summed E-state index contributed by atoms with van der Waals surface area (Å²) in [4.78, 5) is 8.46. The van der Waals surface area contributed by atoms with Gasteiger partial charge in [0.25, 0.3) is 0 Å². The number of aromatic nitrogens is 2. The van der Waals surface area contributed by atoms with Gasteiger partial charge in [0.2, 0.25) is 0 Å². The van der Waals surface area contributed by atoms with Crippen molar-refractivity contribution in [1.29, 1.82) is 5.26 Å². The molecule has 2 rings (SSSR count). The fourth-order valence-electron chi connectivity index (χ4n) is 1.85. The number of nitriles is 1. The molecule has 0 saturated heterocycles. The molecule has 0 aromatic carbocycles. The van der Waals surface area contributed by atoms with Gasteiger partial charge in [-0.15, -0.1) is 0 Å². The molecule has 1 aromatic rings. The van der Waals surface area contributed by atoms with Crippen LogP contribution in [0.3, 0.4) is 0 Å². The van der Waals surface area contributed by atoms with Crippen LogP contribution in [0.25, 0.3) is 0 Å². The molecule has 0 aliphatic heterocycles. The van der Waals surface area contributed by atoms with Crippen molar-refractivity contribution in [3.63, 3.8) is 0 Å². The normalized spacial score (nSPS) is 16.0. The number of fused-ring (bicyclic) bond motifs is 1. The first kappa shape index (κ1) is 9.60. The summed E-state index contributed by atoms with van der Waals surface area (Å²) in [6.45, 7) is 0. The van der Waals surface area contributed by atoms with E-state index in [0.29, 0.717) is 5.33 Å². The summed E-state index contributed by atoms with van der Waals surface area (Å²) in [5.41, 5.74) is 3.27. The molecule has 1 atom stereocenters. The van der Waals surface area contributed by atoms with E-state index in [4.69, 9.17) is 5.26 Å². The summed E-state index contributed by atoms with van der Waals surface area (Å²) in [7, 11) is 0. The highest BCUT2D eigenvalue weighted by Gasteiger charge is 2.21. The SMILES string of the molecule is N#CC(CBr)c1ncnc2c1CCC2. The van der Waals surface area contributed by atoms with Crippen LogP contribution in [0, 0.1) is 11.3 Å². The highest BCUT2D eigenvalue weighted by Crippen LogP contribution is 2.27. The molecule has 3 nitrogen and oxygen atoms in total. The summed E-state index contributed by atoms with van der Waals surface area (Å²) in [5, 5.41) is 9.62. The summed E-state index contributed by atoms with van der Waals surface area (Å²) in [6, 6.07) is 2.26. The predicted octanol–water partition coefficient (Wildman–Crippen LogP) is 1.97. The quantitative estimate of drug-likeness (QED) is 0.756. The van der Waals surface area contributed by atoms with Crippen molar-refractivity contribution in [2.75, 3.05) is 5.33 Å². The maximum atomic E-state index is 8.97. The van der Waals surface area contributed by atoms with Gasteiger partial charge >= 0.3 is 0 Å². The summed E-state index contributed by atoms with van der Waals surface area (Å²) < 4.78 is 0. The maximum absolute atomic E-state index is 8.97. The second kappa shape index (κ2) is 4.05. The summed E-state index contributed by atoms with van der Waals surface area (Å²) in [5.74, 6) is -0.134. The number of hydrogen-bond acceptors (Lipinski definition) is 3. The minimum Gasteiger partial charge on any atom is -0.241 e. The van der Waals surface area contributed by atoms with Crippen LogP contribution in [0.2, 0.25) is 0 Å². The van der Waals surface area contributed by atoms with Gasteiger partial charge in [0.1, 0.15) is 6.33 Å². The second-order valence-electron chi connectivity index (χ2n) is 3.37. The third-order valence-corrected chi connectivity index (χ3v) is 3.20. The van der Waals surface area contributed by atoms with E-state index in [2.05, 4.69) is 32.0 Å². The fourth-order valence-corrected chi connectivity index (χ4v) is 2.31. The lowest BCUT2D eigenvalue weighted by atomic mass is 10.0. The Kier molecular flexibility index (Phi) is 2.78. The lowest BCUT2D eigenvalue weighted by Crippen LogP contribution is -2.06. The zero-order valence-corrected chi connectivity index (χ0v) is 9.29. The van der Waals surface area contributed by atoms with E-state index in [1.54, 1.807) is 6.33 Å². The average Bonchev–Trinajstić information content (AvgIpc) is 2.68. The van der Waals surface area contributed by atoms with Crippen molar-refractivity contribution in [2.45, 2.75) is 25.2 Å². The van der Waals surface area contributed by atoms with Gasteiger partial charge in [0.05, 0.1) is 17.7 Å². The third-order valence-electron chi connectivity index (χ3n) is 2.55. The largest absolute Gasteiger partial charge is 0.241 e. The Balaban J connectivity index is 2.44. The van der Waals surface area contributed by atoms with Crippen molar-refractivity contribution < 1.29 is 0 Å². The highest BCUT2D eigenvalue weighted by molar-refractivity contribution is 9.09. The Morgan fingerprint density at radius 2 is 2.36 bits per heavy atom. The van der Waals surface area contributed by atoms with Gasteiger partial charge in [0.15, 0.2) is 0 Å². The van der Waals surface area contributed by atoms with E-state index in [-0.39, 0.29) is 5.92 Å². The average molecular weight is 252 g/mol. The van der Waals surface area contributed by atoms with Gasteiger partial charge in [-0.1, -0.05) is 15.9 Å². The van der Waals surface area contributed by atoms with Crippen molar-refractivity contribution in [1.82, 2.24) is 9.97 Å². The van der Waals surface area contributed by atoms with Crippen LogP contribution in [0.15, 0.2) is 6.33 Å². The lowest BCUT2D eigenvalue weighted by molar-refractivity contribution is 0.874. The Morgan fingerprint density at radius 3 is 3.07 bits per heavy atom. The number of halogens is 1. The molecule has 1 aliphatic rings. The Morgan fingerprint density at radius 1 is 1.50 bits per heavy atom. The molecule has 1 aromatic heterocycles. The molecule has 0 amide bonds. The standard InChI is InChI=1S/C10H10BrN3/c11-4-7(5-12)10-8-2-1-3-9(8)13-6-14-10/h6-7H,1-4H2. The third kappa shape index (κ3) is 1.53. The summed E-state index contributed by atoms with van der Waals surface area (Å²) in [6.07, 6.45) is 4.77. The van der Waals surface area contributed by atoms with Crippen LogP contribution in [0.1, 0.15) is 29.3 Å². The van der Waals surface area contributed by atoms with E-state index in [0.717, 1.165) is 30.7 Å².